The van der Waals surface area contributed by atoms with Crippen molar-refractivity contribution in [3.8, 4) is 22.8 Å². The molecule has 0 aliphatic carbocycles. The number of hydrogen-bond donors (Lipinski definition) is 1. The molecule has 2 heterocycles. The van der Waals surface area contributed by atoms with E-state index in [2.05, 4.69) is 15.0 Å². The van der Waals surface area contributed by atoms with Crippen LogP contribution in [-0.4, -0.2) is 24.1 Å². The third-order valence-corrected chi connectivity index (χ3v) is 4.85. The Kier molecular flexibility index (Phi) is 5.89. The first kappa shape index (κ1) is 20.5. The number of rotatable bonds is 7. The van der Waals surface area contributed by atoms with Crippen LogP contribution < -0.4 is 20.4 Å². The third kappa shape index (κ3) is 5.04. The van der Waals surface area contributed by atoms with Crippen molar-refractivity contribution in [1.29, 1.82) is 0 Å². The lowest BCUT2D eigenvalue weighted by Gasteiger charge is -2.08. The molecule has 0 spiro atoms. The van der Waals surface area contributed by atoms with Gasteiger partial charge in [-0.1, -0.05) is 12.1 Å². The summed E-state index contributed by atoms with van der Waals surface area (Å²) in [5, 5.41) is 5.21. The number of aromatic nitrogens is 1. The van der Waals surface area contributed by atoms with E-state index in [1.54, 1.807) is 41.8 Å². The van der Waals surface area contributed by atoms with Crippen LogP contribution in [0.2, 0.25) is 0 Å². The Hall–Kier alpha value is -3.79. The van der Waals surface area contributed by atoms with E-state index in [1.165, 1.54) is 18.2 Å². The molecule has 0 aliphatic heterocycles. The molecule has 4 rings (SSSR count). The van der Waals surface area contributed by atoms with Crippen molar-refractivity contribution in [2.45, 2.75) is 6.61 Å². The van der Waals surface area contributed by atoms with Crippen LogP contribution in [0.5, 0.6) is 11.5 Å². The molecule has 7 nitrogen and oxygen atoms in total. The predicted octanol–water partition coefficient (Wildman–Crippen LogP) is 4.54. The van der Waals surface area contributed by atoms with Gasteiger partial charge >= 0.3 is 12.2 Å². The lowest BCUT2D eigenvalue weighted by molar-refractivity contribution is -0.118. The number of para-hydroxylation sites is 1. The van der Waals surface area contributed by atoms with Gasteiger partial charge in [0.25, 0.3) is 5.91 Å². The lowest BCUT2D eigenvalue weighted by atomic mass is 10.1. The zero-order chi connectivity index (χ0) is 21.8. The van der Waals surface area contributed by atoms with E-state index in [0.29, 0.717) is 22.6 Å². The van der Waals surface area contributed by atoms with Crippen molar-refractivity contribution in [1.82, 2.24) is 4.98 Å². The molecular formula is C21H14F2N2O5S. The summed E-state index contributed by atoms with van der Waals surface area (Å²) in [5.74, 6) is -0.116. The molecule has 0 saturated carbocycles. The second-order valence-electron chi connectivity index (χ2n) is 6.20. The zero-order valence-electron chi connectivity index (χ0n) is 15.7. The van der Waals surface area contributed by atoms with Gasteiger partial charge in [0.1, 0.15) is 17.1 Å². The van der Waals surface area contributed by atoms with Crippen molar-refractivity contribution >= 4 is 33.3 Å². The summed E-state index contributed by atoms with van der Waals surface area (Å²) in [5.41, 5.74) is 0.637. The first-order chi connectivity index (χ1) is 15.0. The summed E-state index contributed by atoms with van der Waals surface area (Å²) in [6.07, 6.45) is 0. The highest BCUT2D eigenvalue weighted by molar-refractivity contribution is 7.14. The topological polar surface area (TPSA) is 90.7 Å². The molecule has 10 heteroatoms. The highest BCUT2D eigenvalue weighted by Crippen LogP contribution is 2.33. The molecule has 2 aromatic heterocycles. The van der Waals surface area contributed by atoms with Gasteiger partial charge in [-0.3, -0.25) is 10.1 Å². The summed E-state index contributed by atoms with van der Waals surface area (Å²) in [6, 6.07) is 14.1. The average Bonchev–Trinajstić information content (AvgIpc) is 3.20. The minimum atomic E-state index is -2.96. The molecule has 0 unspecified atom stereocenters. The molecule has 1 N–H and O–H groups in total. The Labute approximate surface area is 177 Å². The normalized spacial score (nSPS) is 10.9. The summed E-state index contributed by atoms with van der Waals surface area (Å²) in [4.78, 5) is 27.8. The van der Waals surface area contributed by atoms with Crippen LogP contribution in [0.15, 0.2) is 69.2 Å². The van der Waals surface area contributed by atoms with Crippen LogP contribution in [0.1, 0.15) is 0 Å². The summed E-state index contributed by atoms with van der Waals surface area (Å²) in [6.45, 7) is -3.26. The van der Waals surface area contributed by atoms with E-state index in [9.17, 15) is 18.4 Å². The van der Waals surface area contributed by atoms with Gasteiger partial charge in [0.05, 0.1) is 5.69 Å². The molecular weight excluding hydrogens is 430 g/mol. The largest absolute Gasteiger partial charge is 0.484 e. The number of alkyl halides is 2. The quantitative estimate of drug-likeness (QED) is 0.421. The smallest absolute Gasteiger partial charge is 0.387 e. The number of thiazole rings is 1. The van der Waals surface area contributed by atoms with Gasteiger partial charge in [-0.2, -0.15) is 8.78 Å². The number of fused-ring (bicyclic) bond motifs is 1. The van der Waals surface area contributed by atoms with Gasteiger partial charge < -0.3 is 13.9 Å². The number of nitrogens with zero attached hydrogens (tertiary/aromatic N) is 1. The van der Waals surface area contributed by atoms with Crippen LogP contribution in [-0.2, 0) is 4.79 Å². The van der Waals surface area contributed by atoms with Gasteiger partial charge in [-0.15, -0.1) is 11.3 Å². The van der Waals surface area contributed by atoms with Crippen molar-refractivity contribution in [2.24, 2.45) is 0 Å². The zero-order valence-corrected chi connectivity index (χ0v) is 16.5. The van der Waals surface area contributed by atoms with Crippen LogP contribution in [0, 0.1) is 0 Å². The van der Waals surface area contributed by atoms with Crippen LogP contribution in [0.4, 0.5) is 13.9 Å². The number of carbonyl (C=O) groups is 1. The molecule has 158 valence electrons. The SMILES string of the molecule is O=C(COc1ccc2ccc(=O)oc2c1)Nc1nc(-c2ccccc2OC(F)F)cs1. The van der Waals surface area contributed by atoms with Crippen molar-refractivity contribution in [3.05, 3.63) is 70.4 Å². The molecule has 0 aliphatic rings. The van der Waals surface area contributed by atoms with E-state index in [4.69, 9.17) is 9.15 Å². The maximum atomic E-state index is 12.6. The standard InChI is InChI=1S/C21H14F2N2O5S/c22-20(23)30-16-4-2-1-3-14(16)15-11-31-21(24-15)25-18(26)10-28-13-7-5-12-6-8-19(27)29-17(12)9-13/h1-9,11,20H,10H2,(H,24,25,26). The van der Waals surface area contributed by atoms with Crippen molar-refractivity contribution in [3.63, 3.8) is 0 Å². The van der Waals surface area contributed by atoms with E-state index < -0.39 is 18.1 Å². The molecule has 0 fully saturated rings. The molecule has 1 amide bonds. The summed E-state index contributed by atoms with van der Waals surface area (Å²) < 4.78 is 40.2. The second kappa shape index (κ2) is 8.92. The molecule has 2 aromatic carbocycles. The predicted molar refractivity (Wildman–Crippen MR) is 111 cm³/mol. The first-order valence-electron chi connectivity index (χ1n) is 8.94. The maximum Gasteiger partial charge on any atom is 0.387 e. The van der Waals surface area contributed by atoms with Crippen LogP contribution in [0.25, 0.3) is 22.2 Å². The first-order valence-corrected chi connectivity index (χ1v) is 9.82. The lowest BCUT2D eigenvalue weighted by Crippen LogP contribution is -2.20. The van der Waals surface area contributed by atoms with E-state index >= 15 is 0 Å². The number of benzene rings is 2. The van der Waals surface area contributed by atoms with Gasteiger partial charge in [0, 0.05) is 28.5 Å². The molecule has 0 radical (unpaired) electrons. The number of amides is 1. The highest BCUT2D eigenvalue weighted by atomic mass is 32.1. The minimum Gasteiger partial charge on any atom is -0.484 e. The highest BCUT2D eigenvalue weighted by Gasteiger charge is 2.14. The fourth-order valence-electron chi connectivity index (χ4n) is 2.77. The van der Waals surface area contributed by atoms with E-state index in [0.717, 1.165) is 16.7 Å². The Morgan fingerprint density at radius 2 is 1.97 bits per heavy atom. The molecule has 0 saturated heterocycles. The molecule has 0 atom stereocenters. The minimum absolute atomic E-state index is 0.00744. The number of carbonyl (C=O) groups excluding carboxylic acids is 1. The molecule has 31 heavy (non-hydrogen) atoms. The van der Waals surface area contributed by atoms with Crippen LogP contribution in [0.3, 0.4) is 0 Å². The van der Waals surface area contributed by atoms with E-state index in [-0.39, 0.29) is 17.5 Å². The summed E-state index contributed by atoms with van der Waals surface area (Å²) >= 11 is 1.13. The van der Waals surface area contributed by atoms with Crippen LogP contribution >= 0.6 is 11.3 Å². The number of anilines is 1. The molecule has 4 aromatic rings. The van der Waals surface area contributed by atoms with Gasteiger partial charge in [-0.25, -0.2) is 9.78 Å². The van der Waals surface area contributed by atoms with Crippen molar-refractivity contribution < 1.29 is 27.5 Å². The maximum absolute atomic E-state index is 12.6. The average molecular weight is 444 g/mol. The Balaban J connectivity index is 1.40. The third-order valence-electron chi connectivity index (χ3n) is 4.09. The fourth-order valence-corrected chi connectivity index (χ4v) is 3.49. The monoisotopic (exact) mass is 444 g/mol. The number of nitrogens with one attached hydrogen (secondary N) is 1. The Bertz CT molecular complexity index is 1290. The van der Waals surface area contributed by atoms with Gasteiger partial charge in [0.15, 0.2) is 11.7 Å². The number of hydrogen-bond acceptors (Lipinski definition) is 7. The number of ether oxygens (including phenoxy) is 2. The Morgan fingerprint density at radius 3 is 2.81 bits per heavy atom. The van der Waals surface area contributed by atoms with Gasteiger partial charge in [0.2, 0.25) is 0 Å². The Morgan fingerprint density at radius 1 is 1.16 bits per heavy atom. The van der Waals surface area contributed by atoms with Gasteiger partial charge in [-0.05, 0) is 30.3 Å². The van der Waals surface area contributed by atoms with E-state index in [1.807, 2.05) is 0 Å². The molecule has 0 bridgehead atoms. The second-order valence-corrected chi connectivity index (χ2v) is 7.06. The number of halogens is 2. The summed E-state index contributed by atoms with van der Waals surface area (Å²) in [7, 11) is 0. The fraction of sp³-hybridized carbons (Fsp3) is 0.0952. The van der Waals surface area contributed by atoms with Crippen molar-refractivity contribution in [2.75, 3.05) is 11.9 Å².